The molecule has 0 amide bonds. The van der Waals surface area contributed by atoms with Gasteiger partial charge in [0.1, 0.15) is 11.2 Å². The van der Waals surface area contributed by atoms with Crippen molar-refractivity contribution in [3.05, 3.63) is 188 Å². The summed E-state index contributed by atoms with van der Waals surface area (Å²) in [6.07, 6.45) is 0. The van der Waals surface area contributed by atoms with Crippen molar-refractivity contribution < 1.29 is 4.42 Å². The zero-order chi connectivity index (χ0) is 31.9. The molecule has 9 aromatic rings. The average molecular weight is 614 g/mol. The van der Waals surface area contributed by atoms with Crippen LogP contribution in [0.2, 0.25) is 0 Å². The van der Waals surface area contributed by atoms with Gasteiger partial charge in [-0.15, -0.1) is 0 Å². The van der Waals surface area contributed by atoms with E-state index in [4.69, 9.17) is 4.42 Å². The summed E-state index contributed by atoms with van der Waals surface area (Å²) in [5, 5.41) is 4.63. The Morgan fingerprint density at radius 3 is 1.60 bits per heavy atom. The van der Waals surface area contributed by atoms with Gasteiger partial charge in [-0.1, -0.05) is 146 Å². The van der Waals surface area contributed by atoms with Crippen molar-refractivity contribution in [2.24, 2.45) is 0 Å². The molecule has 0 N–H and O–H groups in total. The summed E-state index contributed by atoms with van der Waals surface area (Å²) in [5.41, 5.74) is 12.2. The molecule has 0 aliphatic rings. The van der Waals surface area contributed by atoms with Gasteiger partial charge in [0, 0.05) is 33.6 Å². The van der Waals surface area contributed by atoms with Crippen LogP contribution in [0.25, 0.3) is 66.1 Å². The molecule has 0 aliphatic heterocycles. The minimum atomic E-state index is 0.872. The summed E-state index contributed by atoms with van der Waals surface area (Å²) < 4.78 is 6.39. The molecule has 2 heteroatoms. The van der Waals surface area contributed by atoms with Crippen molar-refractivity contribution in [3.63, 3.8) is 0 Å². The van der Waals surface area contributed by atoms with Gasteiger partial charge in [-0.3, -0.25) is 0 Å². The van der Waals surface area contributed by atoms with Crippen LogP contribution in [0.3, 0.4) is 0 Å². The number of fused-ring (bicyclic) bond motifs is 4. The lowest BCUT2D eigenvalue weighted by Crippen LogP contribution is -2.10. The molecule has 48 heavy (non-hydrogen) atoms. The molecule has 0 saturated carbocycles. The fourth-order valence-corrected chi connectivity index (χ4v) is 6.94. The Balaban J connectivity index is 1.24. The molecular formula is C46H31NO. The number of rotatable bonds is 6. The molecule has 0 atom stereocenters. The van der Waals surface area contributed by atoms with E-state index < -0.39 is 0 Å². The number of hydrogen-bond acceptors (Lipinski definition) is 2. The maximum Gasteiger partial charge on any atom is 0.137 e. The van der Waals surface area contributed by atoms with Crippen molar-refractivity contribution >= 4 is 49.8 Å². The van der Waals surface area contributed by atoms with Crippen LogP contribution in [-0.2, 0) is 0 Å². The highest BCUT2D eigenvalue weighted by Gasteiger charge is 2.20. The molecule has 0 saturated heterocycles. The Morgan fingerprint density at radius 2 is 0.896 bits per heavy atom. The van der Waals surface area contributed by atoms with Crippen molar-refractivity contribution in [3.8, 4) is 33.4 Å². The smallest absolute Gasteiger partial charge is 0.137 e. The molecular weight excluding hydrogens is 583 g/mol. The lowest BCUT2D eigenvalue weighted by Gasteiger charge is -2.28. The SMILES string of the molecule is c1ccc(-c2ccc(-c3cccc4cccc(N(c5ccc(-c6ccccc6)cc5)c5ccc6c(c5)oc5ccccc56)c34)cc2)cc1. The topological polar surface area (TPSA) is 16.4 Å². The van der Waals surface area contributed by atoms with Crippen molar-refractivity contribution in [1.29, 1.82) is 0 Å². The number of nitrogens with zero attached hydrogens (tertiary/aromatic N) is 1. The second-order valence-electron chi connectivity index (χ2n) is 12.2. The van der Waals surface area contributed by atoms with Crippen LogP contribution in [0.5, 0.6) is 0 Å². The van der Waals surface area contributed by atoms with Crippen molar-refractivity contribution in [2.75, 3.05) is 4.90 Å². The second kappa shape index (κ2) is 11.8. The van der Waals surface area contributed by atoms with E-state index in [1.54, 1.807) is 0 Å². The fourth-order valence-electron chi connectivity index (χ4n) is 6.94. The summed E-state index contributed by atoms with van der Waals surface area (Å²) in [6, 6.07) is 66.9. The van der Waals surface area contributed by atoms with Gasteiger partial charge >= 0.3 is 0 Å². The van der Waals surface area contributed by atoms with E-state index in [1.807, 2.05) is 12.1 Å². The maximum absolute atomic E-state index is 6.39. The van der Waals surface area contributed by atoms with Crippen LogP contribution in [0, 0.1) is 0 Å². The first-order valence-corrected chi connectivity index (χ1v) is 16.3. The van der Waals surface area contributed by atoms with Gasteiger partial charge in [0.2, 0.25) is 0 Å². The van der Waals surface area contributed by atoms with Crippen molar-refractivity contribution in [1.82, 2.24) is 0 Å². The summed E-state index contributed by atoms with van der Waals surface area (Å²) in [7, 11) is 0. The third-order valence-electron chi connectivity index (χ3n) is 9.28. The average Bonchev–Trinajstić information content (AvgIpc) is 3.54. The van der Waals surface area contributed by atoms with Crippen LogP contribution in [0.4, 0.5) is 17.1 Å². The maximum atomic E-state index is 6.39. The van der Waals surface area contributed by atoms with Gasteiger partial charge in [0.15, 0.2) is 0 Å². The quantitative estimate of drug-likeness (QED) is 0.185. The normalized spacial score (nSPS) is 11.3. The van der Waals surface area contributed by atoms with Crippen LogP contribution in [0.15, 0.2) is 192 Å². The number of furan rings is 1. The lowest BCUT2D eigenvalue weighted by molar-refractivity contribution is 0.669. The van der Waals surface area contributed by atoms with E-state index in [2.05, 4.69) is 181 Å². The largest absolute Gasteiger partial charge is 0.456 e. The van der Waals surface area contributed by atoms with Crippen LogP contribution in [-0.4, -0.2) is 0 Å². The molecule has 226 valence electrons. The molecule has 1 aromatic heterocycles. The molecule has 0 aliphatic carbocycles. The van der Waals surface area contributed by atoms with E-state index in [0.717, 1.165) is 39.0 Å². The third kappa shape index (κ3) is 4.92. The summed E-state index contributed by atoms with van der Waals surface area (Å²) >= 11 is 0. The zero-order valence-electron chi connectivity index (χ0n) is 26.3. The monoisotopic (exact) mass is 613 g/mol. The van der Waals surface area contributed by atoms with Crippen LogP contribution >= 0.6 is 0 Å². The van der Waals surface area contributed by atoms with Crippen LogP contribution in [0.1, 0.15) is 0 Å². The van der Waals surface area contributed by atoms with E-state index in [-0.39, 0.29) is 0 Å². The van der Waals surface area contributed by atoms with Crippen molar-refractivity contribution in [2.45, 2.75) is 0 Å². The fraction of sp³-hybridized carbons (Fsp3) is 0. The number of anilines is 3. The predicted octanol–water partition coefficient (Wildman–Crippen LogP) is 13.2. The van der Waals surface area contributed by atoms with Gasteiger partial charge < -0.3 is 9.32 Å². The Kier molecular flexibility index (Phi) is 6.84. The van der Waals surface area contributed by atoms with Crippen LogP contribution < -0.4 is 4.90 Å². The highest BCUT2D eigenvalue weighted by Crippen LogP contribution is 2.44. The number of benzene rings is 8. The predicted molar refractivity (Wildman–Crippen MR) is 202 cm³/mol. The summed E-state index contributed by atoms with van der Waals surface area (Å²) in [6.45, 7) is 0. The van der Waals surface area contributed by atoms with Gasteiger partial charge in [0.05, 0.1) is 5.69 Å². The zero-order valence-corrected chi connectivity index (χ0v) is 26.3. The highest BCUT2D eigenvalue weighted by molar-refractivity contribution is 6.09. The number of hydrogen-bond donors (Lipinski definition) is 0. The Labute approximate surface area is 279 Å². The molecule has 1 heterocycles. The van der Waals surface area contributed by atoms with Gasteiger partial charge in [-0.05, 0) is 75.2 Å². The molecule has 8 aromatic carbocycles. The Bertz CT molecular complexity index is 2530. The Morgan fingerprint density at radius 1 is 0.354 bits per heavy atom. The molecule has 0 radical (unpaired) electrons. The van der Waals surface area contributed by atoms with Gasteiger partial charge in [-0.25, -0.2) is 0 Å². The van der Waals surface area contributed by atoms with E-state index >= 15 is 0 Å². The molecule has 0 spiro atoms. The van der Waals surface area contributed by atoms with Gasteiger partial charge in [-0.2, -0.15) is 0 Å². The number of para-hydroxylation sites is 1. The minimum Gasteiger partial charge on any atom is -0.456 e. The molecule has 2 nitrogen and oxygen atoms in total. The van der Waals surface area contributed by atoms with Gasteiger partial charge in [0.25, 0.3) is 0 Å². The highest BCUT2D eigenvalue weighted by atomic mass is 16.3. The summed E-state index contributed by atoms with van der Waals surface area (Å²) in [5.74, 6) is 0. The first kappa shape index (κ1) is 27.9. The first-order chi connectivity index (χ1) is 23.8. The van der Waals surface area contributed by atoms with E-state index in [1.165, 1.54) is 44.2 Å². The molecule has 0 bridgehead atoms. The van der Waals surface area contributed by atoms with E-state index in [9.17, 15) is 0 Å². The molecule has 0 unspecified atom stereocenters. The third-order valence-corrected chi connectivity index (χ3v) is 9.28. The molecule has 9 rings (SSSR count). The second-order valence-corrected chi connectivity index (χ2v) is 12.2. The standard InChI is InChI=1S/C46H31NO/c1-3-11-32(12-4-1)34-21-23-36(24-22-34)40-18-9-15-37-16-10-19-43(46(37)40)47(38-27-25-35(26-28-38)33-13-5-2-6-14-33)39-29-30-42-41-17-7-8-20-44(41)48-45(42)31-39/h1-31H. The molecule has 0 fully saturated rings. The summed E-state index contributed by atoms with van der Waals surface area (Å²) in [4.78, 5) is 2.37. The Hall–Kier alpha value is -6.38. The minimum absolute atomic E-state index is 0.872. The lowest BCUT2D eigenvalue weighted by atomic mass is 9.94. The van der Waals surface area contributed by atoms with E-state index in [0.29, 0.717) is 0 Å². The first-order valence-electron chi connectivity index (χ1n) is 16.3.